The second-order valence-electron chi connectivity index (χ2n) is 13.1. The number of aromatic amines is 1. The molecule has 2 atom stereocenters. The molecule has 0 radical (unpaired) electrons. The van der Waals surface area contributed by atoms with Crippen LogP contribution in [0.4, 0.5) is 22.1 Å². The number of phosphoric acid groups is 2. The van der Waals surface area contributed by atoms with Crippen molar-refractivity contribution in [3.05, 3.63) is 81.9 Å². The van der Waals surface area contributed by atoms with Gasteiger partial charge in [0.15, 0.2) is 11.2 Å². The number of hydrogen-bond donors (Lipinski definition) is 8. The maximum absolute atomic E-state index is 13.5. The molecular formula is C38H49N9O16P2. The summed E-state index contributed by atoms with van der Waals surface area (Å²) in [5, 5.41) is 31.0. The topological polar surface area (TPSA) is 347 Å². The van der Waals surface area contributed by atoms with E-state index in [1.807, 2.05) is 0 Å². The molecule has 4 rings (SSSR count). The SMILES string of the molecule is CCOP(=O)(OCC)OCC(CNC(=O)c1ccccc1NC(=O)Nc1nc2ncc(CNc3ccc(C(=O)N[C@@H](CCC(=O)O)C(=O)O)cc3)nc2c(=O)[nH]1)OP(=O)(OCC)OCC. The molecule has 0 saturated carbocycles. The van der Waals surface area contributed by atoms with Crippen LogP contribution in [-0.4, -0.2) is 112 Å². The van der Waals surface area contributed by atoms with Crippen molar-refractivity contribution in [2.75, 3.05) is 55.5 Å². The number of carboxylic acids is 2. The molecule has 0 aliphatic rings. The smallest absolute Gasteiger partial charge is 0.475 e. The molecule has 2 aromatic heterocycles. The van der Waals surface area contributed by atoms with E-state index in [2.05, 4.69) is 46.5 Å². The molecule has 352 valence electrons. The van der Waals surface area contributed by atoms with E-state index in [-0.39, 0.29) is 79.9 Å². The average molecular weight is 950 g/mol. The highest BCUT2D eigenvalue weighted by Crippen LogP contribution is 2.52. The molecule has 0 spiro atoms. The van der Waals surface area contributed by atoms with Gasteiger partial charge in [-0.2, -0.15) is 4.98 Å². The number of para-hydroxylation sites is 1. The second kappa shape index (κ2) is 24.8. The summed E-state index contributed by atoms with van der Waals surface area (Å²) >= 11 is 0. The van der Waals surface area contributed by atoms with Crippen molar-refractivity contribution in [3.8, 4) is 0 Å². The van der Waals surface area contributed by atoms with Gasteiger partial charge in [0.1, 0.15) is 12.1 Å². The molecule has 0 aliphatic heterocycles. The Morgan fingerprint density at radius 2 is 1.45 bits per heavy atom. The number of carbonyl (C=O) groups excluding carboxylic acids is 3. The Morgan fingerprint density at radius 3 is 2.08 bits per heavy atom. The first-order chi connectivity index (χ1) is 31.0. The predicted octanol–water partition coefficient (Wildman–Crippen LogP) is 4.51. The number of aromatic nitrogens is 4. The van der Waals surface area contributed by atoms with Gasteiger partial charge in [0, 0.05) is 24.2 Å². The lowest BCUT2D eigenvalue weighted by Gasteiger charge is -2.25. The number of fused-ring (bicyclic) bond motifs is 1. The van der Waals surface area contributed by atoms with Gasteiger partial charge in [-0.3, -0.25) is 56.6 Å². The van der Waals surface area contributed by atoms with Crippen LogP contribution < -0.4 is 32.1 Å². The molecule has 0 bridgehead atoms. The highest BCUT2D eigenvalue weighted by Gasteiger charge is 2.34. The first-order valence-electron chi connectivity index (χ1n) is 19.9. The molecule has 8 N–H and O–H groups in total. The van der Waals surface area contributed by atoms with Gasteiger partial charge >= 0.3 is 33.6 Å². The van der Waals surface area contributed by atoms with Crippen molar-refractivity contribution in [2.45, 2.75) is 59.2 Å². The summed E-state index contributed by atoms with van der Waals surface area (Å²) in [7, 11) is -8.23. The van der Waals surface area contributed by atoms with Gasteiger partial charge in [0.2, 0.25) is 5.95 Å². The van der Waals surface area contributed by atoms with Gasteiger partial charge in [0.05, 0.1) is 62.7 Å². The maximum Gasteiger partial charge on any atom is 0.475 e. The molecule has 0 aliphatic carbocycles. The number of amides is 4. The Kier molecular flexibility index (Phi) is 19.6. The molecule has 0 saturated heterocycles. The summed E-state index contributed by atoms with van der Waals surface area (Å²) in [6.45, 7) is 5.33. The van der Waals surface area contributed by atoms with E-state index in [0.717, 1.165) is 0 Å². The zero-order chi connectivity index (χ0) is 47.6. The van der Waals surface area contributed by atoms with Crippen molar-refractivity contribution in [3.63, 3.8) is 0 Å². The largest absolute Gasteiger partial charge is 0.481 e. The number of carboxylic acid groups (broad SMARTS) is 2. The minimum atomic E-state index is -4.17. The van der Waals surface area contributed by atoms with Crippen molar-refractivity contribution in [2.24, 2.45) is 0 Å². The number of aliphatic carboxylic acids is 2. The quantitative estimate of drug-likeness (QED) is 0.0381. The van der Waals surface area contributed by atoms with Crippen LogP contribution in [0.2, 0.25) is 0 Å². The maximum atomic E-state index is 13.5. The highest BCUT2D eigenvalue weighted by molar-refractivity contribution is 7.48. The molecule has 1 unspecified atom stereocenters. The fraction of sp³-hybridized carbons (Fsp3) is 0.395. The zero-order valence-corrected chi connectivity index (χ0v) is 37.3. The number of H-pyrrole nitrogens is 1. The van der Waals surface area contributed by atoms with E-state index in [4.69, 9.17) is 32.2 Å². The van der Waals surface area contributed by atoms with Crippen LogP contribution in [0.3, 0.4) is 0 Å². The van der Waals surface area contributed by atoms with E-state index < -0.39 is 76.2 Å². The van der Waals surface area contributed by atoms with Crippen LogP contribution in [-0.2, 0) is 52.4 Å². The number of benzene rings is 2. The minimum absolute atomic E-state index is 0.0112. The lowest BCUT2D eigenvalue weighted by atomic mass is 10.1. The number of nitrogens with one attached hydrogen (secondary N) is 6. The second-order valence-corrected chi connectivity index (χ2v) is 16.4. The third kappa shape index (κ3) is 16.1. The minimum Gasteiger partial charge on any atom is -0.481 e. The van der Waals surface area contributed by atoms with Crippen molar-refractivity contribution in [1.29, 1.82) is 0 Å². The van der Waals surface area contributed by atoms with Crippen LogP contribution in [0.5, 0.6) is 0 Å². The number of anilines is 3. The highest BCUT2D eigenvalue weighted by atomic mass is 31.2. The van der Waals surface area contributed by atoms with E-state index in [1.54, 1.807) is 45.9 Å². The van der Waals surface area contributed by atoms with E-state index in [0.29, 0.717) is 11.4 Å². The fourth-order valence-electron chi connectivity index (χ4n) is 5.48. The number of phosphoric ester groups is 2. The summed E-state index contributed by atoms with van der Waals surface area (Å²) in [5.41, 5.74) is -0.00813. The standard InChI is InChI=1S/C38H49N9O16P2/c1-5-58-64(56,59-6-2)62-22-26(63-65(57,60-7-3)61-8-4)21-41-34(51)27-11-9-10-12-28(27)44-38(55)47-37-45-32-31(35(52)46-37)42-25(20-40-32)19-39-24-15-13-23(14-16-24)33(50)43-29(36(53)54)17-18-30(48)49/h9-16,20,26,29,39H,5-8,17-19,21-22H2,1-4H3,(H,41,51)(H,43,50)(H,48,49)(H,53,54)(H3,40,44,45,46,47,52,55)/t26?,29-/m0/s1. The van der Waals surface area contributed by atoms with Crippen LogP contribution in [0.15, 0.2) is 59.5 Å². The number of rotatable bonds is 27. The van der Waals surface area contributed by atoms with Gasteiger partial charge in [0.25, 0.3) is 17.4 Å². The number of hydrogen-bond acceptors (Lipinski definition) is 18. The summed E-state index contributed by atoms with van der Waals surface area (Å²) < 4.78 is 57.9. The molecule has 25 nitrogen and oxygen atoms in total. The molecule has 4 amide bonds. The zero-order valence-electron chi connectivity index (χ0n) is 35.6. The molecule has 4 aromatic rings. The van der Waals surface area contributed by atoms with Crippen molar-refractivity contribution >= 4 is 73.9 Å². The lowest BCUT2D eigenvalue weighted by Crippen LogP contribution is -2.41. The van der Waals surface area contributed by atoms with Crippen LogP contribution in [0, 0.1) is 0 Å². The summed E-state index contributed by atoms with van der Waals surface area (Å²) in [6, 6.07) is 9.57. The third-order valence-electron chi connectivity index (χ3n) is 8.33. The van der Waals surface area contributed by atoms with E-state index in [9.17, 15) is 43.0 Å². The lowest BCUT2D eigenvalue weighted by molar-refractivity contribution is -0.140. The summed E-state index contributed by atoms with van der Waals surface area (Å²) in [6.07, 6.45) is -0.651. The molecular weight excluding hydrogens is 900 g/mol. The number of nitrogens with zero attached hydrogens (tertiary/aromatic N) is 3. The molecule has 2 heterocycles. The van der Waals surface area contributed by atoms with Gasteiger partial charge < -0.3 is 31.5 Å². The van der Waals surface area contributed by atoms with Gasteiger partial charge in [-0.1, -0.05) is 12.1 Å². The molecule has 27 heteroatoms. The Morgan fingerprint density at radius 1 is 0.800 bits per heavy atom. The average Bonchev–Trinajstić information content (AvgIpc) is 3.25. The van der Waals surface area contributed by atoms with E-state index in [1.165, 1.54) is 36.5 Å². The van der Waals surface area contributed by atoms with Crippen LogP contribution in [0.25, 0.3) is 11.2 Å². The third-order valence-corrected chi connectivity index (χ3v) is 11.6. The van der Waals surface area contributed by atoms with Crippen LogP contribution >= 0.6 is 15.6 Å². The number of carbonyl (C=O) groups is 5. The Bertz CT molecular complexity index is 2440. The monoisotopic (exact) mass is 949 g/mol. The first-order valence-corrected chi connectivity index (χ1v) is 22.8. The van der Waals surface area contributed by atoms with E-state index >= 15 is 0 Å². The Hall–Kier alpha value is -6.17. The van der Waals surface area contributed by atoms with Crippen molar-refractivity contribution in [1.82, 2.24) is 30.6 Å². The predicted molar refractivity (Wildman–Crippen MR) is 231 cm³/mol. The normalized spacial score (nSPS) is 12.5. The van der Waals surface area contributed by atoms with Crippen LogP contribution in [0.1, 0.15) is 66.9 Å². The summed E-state index contributed by atoms with van der Waals surface area (Å²) in [4.78, 5) is 89.5. The molecule has 2 aromatic carbocycles. The summed E-state index contributed by atoms with van der Waals surface area (Å²) in [5.74, 6) is -4.29. The van der Waals surface area contributed by atoms with Gasteiger partial charge in [-0.25, -0.2) is 28.7 Å². The first kappa shape index (κ1) is 51.5. The van der Waals surface area contributed by atoms with Gasteiger partial charge in [-0.15, -0.1) is 0 Å². The Balaban J connectivity index is 1.38. The fourth-order valence-corrected chi connectivity index (χ4v) is 8.01. The van der Waals surface area contributed by atoms with Crippen molar-refractivity contribution < 1.29 is 70.5 Å². The Labute approximate surface area is 370 Å². The number of urea groups is 1. The van der Waals surface area contributed by atoms with Gasteiger partial charge in [-0.05, 0) is 70.5 Å². The molecule has 0 fully saturated rings. The molecule has 65 heavy (non-hydrogen) atoms.